The number of likely N-dealkylation sites (tertiary alicyclic amines) is 1. The predicted octanol–water partition coefficient (Wildman–Crippen LogP) is 2.58. The highest BCUT2D eigenvalue weighted by atomic mass is 16.5. The summed E-state index contributed by atoms with van der Waals surface area (Å²) in [5.74, 6) is 0. The first kappa shape index (κ1) is 13.1. The Kier molecular flexibility index (Phi) is 5.19. The zero-order valence-electron chi connectivity index (χ0n) is 10.7. The molecule has 96 valence electrons. The number of hydrogen-bond donors (Lipinski definition) is 0. The van der Waals surface area contributed by atoms with Crippen molar-refractivity contribution in [2.24, 2.45) is 0 Å². The first-order chi connectivity index (χ1) is 8.90. The monoisotopic (exact) mass is 244 g/mol. The molecule has 1 saturated heterocycles. The lowest BCUT2D eigenvalue weighted by atomic mass is 10.1. The molecule has 0 aromatic heterocycles. The Hall–Kier alpha value is -1.37. The van der Waals surface area contributed by atoms with E-state index in [-0.39, 0.29) is 6.04 Å². The maximum Gasteiger partial charge on any atom is 0.121 e. The van der Waals surface area contributed by atoms with Crippen LogP contribution in [0.15, 0.2) is 30.3 Å². The second-order valence-electron chi connectivity index (χ2n) is 4.74. The zero-order chi connectivity index (χ0) is 12.6. The van der Waals surface area contributed by atoms with Gasteiger partial charge in [-0.15, -0.1) is 0 Å². The highest BCUT2D eigenvalue weighted by molar-refractivity contribution is 5.13. The number of ether oxygens (including phenoxy) is 1. The van der Waals surface area contributed by atoms with Gasteiger partial charge in [0.25, 0.3) is 0 Å². The Labute approximate surface area is 109 Å². The summed E-state index contributed by atoms with van der Waals surface area (Å²) in [4.78, 5) is 2.24. The van der Waals surface area contributed by atoms with E-state index in [2.05, 4.69) is 11.0 Å². The van der Waals surface area contributed by atoms with Crippen molar-refractivity contribution in [3.63, 3.8) is 0 Å². The molecule has 1 atom stereocenters. The average Bonchev–Trinajstić information content (AvgIpc) is 2.46. The van der Waals surface area contributed by atoms with Gasteiger partial charge in [0.1, 0.15) is 6.04 Å². The van der Waals surface area contributed by atoms with Crippen molar-refractivity contribution < 1.29 is 4.74 Å². The average molecular weight is 244 g/mol. The zero-order valence-corrected chi connectivity index (χ0v) is 10.7. The fourth-order valence-electron chi connectivity index (χ4n) is 2.32. The van der Waals surface area contributed by atoms with Crippen LogP contribution in [0.2, 0.25) is 0 Å². The van der Waals surface area contributed by atoms with Gasteiger partial charge < -0.3 is 4.74 Å². The van der Waals surface area contributed by atoms with Crippen molar-refractivity contribution in [3.05, 3.63) is 35.9 Å². The molecule has 3 nitrogen and oxygen atoms in total. The second kappa shape index (κ2) is 7.15. The summed E-state index contributed by atoms with van der Waals surface area (Å²) < 4.78 is 5.66. The van der Waals surface area contributed by atoms with Crippen molar-refractivity contribution in [1.29, 1.82) is 5.26 Å². The molecule has 0 saturated carbocycles. The van der Waals surface area contributed by atoms with Crippen molar-refractivity contribution >= 4 is 0 Å². The Morgan fingerprint density at radius 2 is 1.89 bits per heavy atom. The van der Waals surface area contributed by atoms with Crippen LogP contribution in [-0.4, -0.2) is 30.6 Å². The minimum atomic E-state index is -0.0889. The number of nitriles is 1. The van der Waals surface area contributed by atoms with Crippen molar-refractivity contribution in [1.82, 2.24) is 4.90 Å². The molecule has 2 rings (SSSR count). The van der Waals surface area contributed by atoms with Crippen LogP contribution in [0.4, 0.5) is 0 Å². The third kappa shape index (κ3) is 3.83. The summed E-state index contributed by atoms with van der Waals surface area (Å²) in [5, 5.41) is 9.20. The normalized spacial score (nSPS) is 18.2. The van der Waals surface area contributed by atoms with Crippen LogP contribution in [0.1, 0.15) is 24.8 Å². The summed E-state index contributed by atoms with van der Waals surface area (Å²) >= 11 is 0. The molecular formula is C15H20N2O. The topological polar surface area (TPSA) is 36.3 Å². The molecule has 3 heteroatoms. The quantitative estimate of drug-likeness (QED) is 0.798. The minimum absolute atomic E-state index is 0.0889. The Balaban J connectivity index is 1.75. The van der Waals surface area contributed by atoms with E-state index in [1.807, 2.05) is 30.3 Å². The van der Waals surface area contributed by atoms with Crippen LogP contribution >= 0.6 is 0 Å². The van der Waals surface area contributed by atoms with Gasteiger partial charge in [0.2, 0.25) is 0 Å². The van der Waals surface area contributed by atoms with Gasteiger partial charge in [0.15, 0.2) is 0 Å². The molecule has 0 N–H and O–H groups in total. The van der Waals surface area contributed by atoms with E-state index in [9.17, 15) is 5.26 Å². The molecule has 1 aromatic rings. The maximum absolute atomic E-state index is 9.20. The molecule has 1 fully saturated rings. The van der Waals surface area contributed by atoms with Gasteiger partial charge in [-0.1, -0.05) is 36.8 Å². The molecular weight excluding hydrogens is 224 g/mol. The number of hydrogen-bond acceptors (Lipinski definition) is 3. The smallest absolute Gasteiger partial charge is 0.121 e. The molecule has 0 bridgehead atoms. The fourth-order valence-corrected chi connectivity index (χ4v) is 2.32. The summed E-state index contributed by atoms with van der Waals surface area (Å²) in [7, 11) is 0. The van der Waals surface area contributed by atoms with Crippen LogP contribution < -0.4 is 0 Å². The van der Waals surface area contributed by atoms with Gasteiger partial charge in [0, 0.05) is 0 Å². The Morgan fingerprint density at radius 3 is 2.56 bits per heavy atom. The van der Waals surface area contributed by atoms with E-state index in [0.717, 1.165) is 18.7 Å². The van der Waals surface area contributed by atoms with E-state index in [4.69, 9.17) is 4.74 Å². The van der Waals surface area contributed by atoms with Crippen LogP contribution in [-0.2, 0) is 11.3 Å². The number of rotatable bonds is 5. The lowest BCUT2D eigenvalue weighted by Gasteiger charge is -2.30. The second-order valence-corrected chi connectivity index (χ2v) is 4.74. The molecule has 1 unspecified atom stereocenters. The van der Waals surface area contributed by atoms with Crippen LogP contribution in [0.25, 0.3) is 0 Å². The lowest BCUT2D eigenvalue weighted by molar-refractivity contribution is 0.0626. The molecule has 1 heterocycles. The summed E-state index contributed by atoms with van der Waals surface area (Å²) in [5.41, 5.74) is 1.16. The third-order valence-electron chi connectivity index (χ3n) is 3.37. The van der Waals surface area contributed by atoms with Crippen molar-refractivity contribution in [2.75, 3.05) is 19.7 Å². The molecule has 0 aliphatic carbocycles. The molecule has 0 spiro atoms. The van der Waals surface area contributed by atoms with Gasteiger partial charge in [-0.2, -0.15) is 5.26 Å². The van der Waals surface area contributed by atoms with E-state index >= 15 is 0 Å². The fraction of sp³-hybridized carbons (Fsp3) is 0.533. The van der Waals surface area contributed by atoms with Crippen molar-refractivity contribution in [2.45, 2.75) is 31.9 Å². The van der Waals surface area contributed by atoms with Gasteiger partial charge in [0.05, 0.1) is 19.3 Å². The molecule has 0 amide bonds. The van der Waals surface area contributed by atoms with E-state index < -0.39 is 0 Å². The summed E-state index contributed by atoms with van der Waals surface area (Å²) in [6.45, 7) is 3.16. The molecule has 1 aromatic carbocycles. The third-order valence-corrected chi connectivity index (χ3v) is 3.37. The van der Waals surface area contributed by atoms with Crippen LogP contribution in [0.3, 0.4) is 0 Å². The predicted molar refractivity (Wildman–Crippen MR) is 70.9 cm³/mol. The Morgan fingerprint density at radius 1 is 1.17 bits per heavy atom. The first-order valence-electron chi connectivity index (χ1n) is 6.65. The van der Waals surface area contributed by atoms with Gasteiger partial charge in [-0.05, 0) is 31.5 Å². The Bertz CT molecular complexity index is 379. The van der Waals surface area contributed by atoms with E-state index in [0.29, 0.717) is 13.2 Å². The largest absolute Gasteiger partial charge is 0.374 e. The van der Waals surface area contributed by atoms with E-state index in [1.54, 1.807) is 0 Å². The number of benzene rings is 1. The molecule has 0 radical (unpaired) electrons. The summed E-state index contributed by atoms with van der Waals surface area (Å²) in [6.07, 6.45) is 3.70. The van der Waals surface area contributed by atoms with Crippen LogP contribution in [0.5, 0.6) is 0 Å². The SMILES string of the molecule is N#CC(COCc1ccccc1)N1CCCCC1. The van der Waals surface area contributed by atoms with E-state index in [1.165, 1.54) is 19.3 Å². The van der Waals surface area contributed by atoms with Gasteiger partial charge in [-0.3, -0.25) is 4.90 Å². The molecule has 18 heavy (non-hydrogen) atoms. The molecule has 1 aliphatic heterocycles. The van der Waals surface area contributed by atoms with Crippen molar-refractivity contribution in [3.8, 4) is 6.07 Å². The molecule has 1 aliphatic rings. The highest BCUT2D eigenvalue weighted by Crippen LogP contribution is 2.12. The summed E-state index contributed by atoms with van der Waals surface area (Å²) in [6, 6.07) is 12.4. The lowest BCUT2D eigenvalue weighted by Crippen LogP contribution is -2.41. The highest BCUT2D eigenvalue weighted by Gasteiger charge is 2.20. The van der Waals surface area contributed by atoms with Gasteiger partial charge >= 0.3 is 0 Å². The minimum Gasteiger partial charge on any atom is -0.374 e. The number of piperidine rings is 1. The first-order valence-corrected chi connectivity index (χ1v) is 6.65. The van der Waals surface area contributed by atoms with Gasteiger partial charge in [-0.25, -0.2) is 0 Å². The number of nitrogens with zero attached hydrogens (tertiary/aromatic N) is 2. The van der Waals surface area contributed by atoms with Crippen LogP contribution in [0, 0.1) is 11.3 Å². The standard InChI is InChI=1S/C15H20N2O/c16-11-15(17-9-5-2-6-10-17)13-18-12-14-7-3-1-4-8-14/h1,3-4,7-8,15H,2,5-6,9-10,12-13H2. The maximum atomic E-state index is 9.20.